The SMILES string of the molecule is CC[N+](CC)(CC)CC.CC[N+](CC)(CC)CC.CC[N+](CC)(CC)CC.CC[N+](CC)(CC)CC.CC[N+](CC)(CC)CC.CC[N+](CC)(CC)CC.CC[N+](CC)(CC)CC.O=C([O-])C(F)(F)Cl.O=C([O-])C(F)(F)Cl.O=C([O-])C(F)(F)Cl.O=C([O-])C(F)(F)Cl.[O-]B([O-])[O-]. The van der Waals surface area contributed by atoms with Crippen molar-refractivity contribution in [1.29, 1.82) is 0 Å². The highest BCUT2D eigenvalue weighted by atomic mass is 35.5. The van der Waals surface area contributed by atoms with Crippen LogP contribution in [-0.4, -0.2) is 267 Å². The lowest BCUT2D eigenvalue weighted by atomic mass is 10.3. The minimum absolute atomic E-state index is 1.28. The van der Waals surface area contributed by atoms with E-state index in [1.807, 2.05) is 0 Å². The van der Waals surface area contributed by atoms with Gasteiger partial charge >= 0.3 is 21.5 Å². The molecule has 0 heterocycles. The van der Waals surface area contributed by atoms with E-state index >= 15 is 0 Å². The maximum Gasteiger partial charge on any atom is 0.362 e. The molecule has 0 saturated carbocycles. The number of carboxylic acids is 4. The second kappa shape index (κ2) is 66.7. The van der Waals surface area contributed by atoms with E-state index < -0.39 is 52.7 Å². The van der Waals surface area contributed by atoms with Crippen LogP contribution in [0.4, 0.5) is 35.1 Å². The van der Waals surface area contributed by atoms with Crippen molar-refractivity contribution in [3.8, 4) is 0 Å². The van der Waals surface area contributed by atoms with E-state index in [1.54, 1.807) is 0 Å². The Kier molecular flexibility index (Phi) is 84.3. The molecule has 0 bridgehead atoms. The fraction of sp³-hybridized carbons (Fsp3) is 0.938. The molecule has 0 aromatic heterocycles. The Bertz CT molecular complexity index is 1310. The number of aliphatic carboxylic acids is 4. The summed E-state index contributed by atoms with van der Waals surface area (Å²) in [6.45, 7) is 99.6. The van der Waals surface area contributed by atoms with Gasteiger partial charge in [0.2, 0.25) is 0 Å². The van der Waals surface area contributed by atoms with Gasteiger partial charge in [0, 0.05) is 0 Å². The predicted molar refractivity (Wildman–Crippen MR) is 366 cm³/mol. The normalized spacial score (nSPS) is 11.6. The minimum atomic E-state index is -4.22. The Labute approximate surface area is 594 Å². The molecular weight excluding hydrogens is 1350 g/mol. The average molecular weight is 1490 g/mol. The van der Waals surface area contributed by atoms with E-state index in [-0.39, 0.29) is 0 Å². The maximum atomic E-state index is 10.9. The van der Waals surface area contributed by atoms with Crippen LogP contribution in [0.25, 0.3) is 0 Å². The lowest BCUT2D eigenvalue weighted by Gasteiger charge is -2.35. The van der Waals surface area contributed by atoms with Gasteiger partial charge in [0.05, 0.1) is 183 Å². The van der Waals surface area contributed by atoms with Gasteiger partial charge in [-0.15, -0.1) is 0 Å². The summed E-state index contributed by atoms with van der Waals surface area (Å²) in [4.78, 5) is 36.1. The minimum Gasteiger partial charge on any atom is -0.907 e. The highest BCUT2D eigenvalue weighted by molar-refractivity contribution is 6.31. The molecule has 0 radical (unpaired) electrons. The monoisotopic (exact) mass is 1490 g/mol. The first kappa shape index (κ1) is 120. The van der Waals surface area contributed by atoms with E-state index in [4.69, 9.17) is 54.7 Å². The maximum absolute atomic E-state index is 10.9. The zero-order valence-electron chi connectivity index (χ0n) is 64.5. The Balaban J connectivity index is -0.0000000794. The average Bonchev–Trinajstić information content (AvgIpc) is 1.48. The molecule has 0 aliphatic carbocycles. The van der Waals surface area contributed by atoms with Crippen LogP contribution in [0.1, 0.15) is 194 Å². The molecule has 18 nitrogen and oxygen atoms in total. The van der Waals surface area contributed by atoms with E-state index in [0.717, 1.165) is 0 Å². The number of nitrogens with zero attached hydrogens (tertiary/aromatic N) is 7. The third-order valence-electron chi connectivity index (χ3n) is 19.7. The van der Waals surface area contributed by atoms with E-state index in [2.05, 4.69) is 240 Å². The highest BCUT2D eigenvalue weighted by Gasteiger charge is 2.28. The second-order valence-electron chi connectivity index (χ2n) is 21.7. The van der Waals surface area contributed by atoms with Crippen LogP contribution in [0, 0.1) is 0 Å². The number of halogens is 12. The quantitative estimate of drug-likeness (QED) is 0.0277. The lowest BCUT2D eigenvalue weighted by Crippen LogP contribution is -2.56. The van der Waals surface area contributed by atoms with E-state index in [9.17, 15) is 35.1 Å². The van der Waals surface area contributed by atoms with Crippen LogP contribution >= 0.6 is 46.4 Å². The van der Waals surface area contributed by atoms with Crippen LogP contribution < -0.4 is 35.5 Å². The summed E-state index contributed by atoms with van der Waals surface area (Å²) in [5.41, 5.74) is 0. The highest BCUT2D eigenvalue weighted by Crippen LogP contribution is 2.18. The first-order valence-electron chi connectivity index (χ1n) is 34.3. The third-order valence-corrected chi connectivity index (χ3v) is 20.3. The summed E-state index contributed by atoms with van der Waals surface area (Å²) >= 11 is 15.5. The van der Waals surface area contributed by atoms with Crippen molar-refractivity contribution < 1.29 is 121 Å². The van der Waals surface area contributed by atoms with Crippen molar-refractivity contribution in [1.82, 2.24) is 0 Å². The summed E-state index contributed by atoms with van der Waals surface area (Å²) in [7, 11) is -2.92. The van der Waals surface area contributed by atoms with Gasteiger partial charge in [-0.25, -0.2) is 0 Å². The van der Waals surface area contributed by atoms with Gasteiger partial charge in [0.15, 0.2) is 0 Å². The largest absolute Gasteiger partial charge is 0.907 e. The van der Waals surface area contributed by atoms with Gasteiger partial charge in [-0.1, -0.05) is 0 Å². The zero-order chi connectivity index (χ0) is 79.2. The van der Waals surface area contributed by atoms with Crippen molar-refractivity contribution in [2.45, 2.75) is 215 Å². The molecule has 0 aromatic carbocycles. The summed E-state index contributed by atoms with van der Waals surface area (Å²) in [5.74, 6) is -10.3. The molecule has 0 N–H and O–H groups in total. The lowest BCUT2D eigenvalue weighted by molar-refractivity contribution is -0.921. The summed E-state index contributed by atoms with van der Waals surface area (Å²) in [5, 5.41) is 44.5. The number of rotatable bonds is 32. The van der Waals surface area contributed by atoms with Crippen LogP contribution in [0.15, 0.2) is 0 Å². The van der Waals surface area contributed by atoms with Gasteiger partial charge in [-0.05, 0) is 240 Å². The van der Waals surface area contributed by atoms with Gasteiger partial charge in [-0.2, -0.15) is 35.1 Å². The summed E-state index contributed by atoms with van der Waals surface area (Å²) in [6, 6.07) is 0. The molecule has 95 heavy (non-hydrogen) atoms. The topological polar surface area (TPSA) is 230 Å². The number of quaternary nitrogens is 7. The molecule has 0 rings (SSSR count). The predicted octanol–water partition coefficient (Wildman–Crippen LogP) is 7.50. The number of hydrogen-bond donors (Lipinski definition) is 0. The van der Waals surface area contributed by atoms with Gasteiger partial charge < -0.3 is 86.1 Å². The molecule has 0 atom stereocenters. The van der Waals surface area contributed by atoms with Crippen LogP contribution in [-0.2, 0) is 19.2 Å². The Morgan fingerprint density at radius 1 is 0.221 bits per heavy atom. The van der Waals surface area contributed by atoms with Crippen LogP contribution in [0.5, 0.6) is 0 Å². The Morgan fingerprint density at radius 2 is 0.253 bits per heavy atom. The fourth-order valence-electron chi connectivity index (χ4n) is 9.39. The Hall–Kier alpha value is -1.86. The first-order valence-corrected chi connectivity index (χ1v) is 35.8. The summed E-state index contributed by atoms with van der Waals surface area (Å²) in [6.07, 6.45) is 0. The molecule has 0 saturated heterocycles. The molecule has 0 amide bonds. The van der Waals surface area contributed by atoms with Gasteiger partial charge in [-0.3, -0.25) is 7.32 Å². The van der Waals surface area contributed by atoms with Gasteiger partial charge in [0.25, 0.3) is 0 Å². The Morgan fingerprint density at radius 3 is 0.253 bits per heavy atom. The fourth-order valence-corrected chi connectivity index (χ4v) is 9.39. The molecule has 0 aromatic rings. The molecule has 31 heteroatoms. The van der Waals surface area contributed by atoms with Gasteiger partial charge in [0.1, 0.15) is 23.9 Å². The molecule has 0 fully saturated rings. The van der Waals surface area contributed by atoms with E-state index in [1.165, 1.54) is 215 Å². The molecule has 0 aliphatic heterocycles. The smallest absolute Gasteiger partial charge is 0.362 e. The standard InChI is InChI=1S/7C8H20N.4C2HClF2O2.BO3/c7*1-5-9(6-2,7-3)8-4;4*3-2(4,5)1(6)7;2-1(3)4/h7*5-8H2,1-4H3;4*(H,6,7);/q7*+1;;;;;-3/p-4. The first-order chi connectivity index (χ1) is 43.2. The van der Waals surface area contributed by atoms with Crippen LogP contribution in [0.3, 0.4) is 0 Å². The number of carbonyl (C=O) groups excluding carboxylic acids is 4. The van der Waals surface area contributed by atoms with Crippen molar-refractivity contribution >= 4 is 77.6 Å². The third kappa shape index (κ3) is 66.5. The molecule has 584 valence electrons. The van der Waals surface area contributed by atoms with E-state index in [0.29, 0.717) is 0 Å². The molecule has 0 spiro atoms. The van der Waals surface area contributed by atoms with Crippen LogP contribution in [0.2, 0.25) is 0 Å². The number of alkyl halides is 12. The van der Waals surface area contributed by atoms with Crippen molar-refractivity contribution in [2.24, 2.45) is 0 Å². The zero-order valence-corrected chi connectivity index (χ0v) is 67.6. The molecular formula is C64H140BCl4F8N7O11. The number of carbonyl (C=O) groups is 4. The molecule has 0 unspecified atom stereocenters. The second-order valence-corrected chi connectivity index (χ2v) is 23.6. The van der Waals surface area contributed by atoms with Crippen molar-refractivity contribution in [2.75, 3.05) is 183 Å². The number of hydrogen-bond acceptors (Lipinski definition) is 11. The summed E-state index contributed by atoms with van der Waals surface area (Å²) < 4.78 is 96.5. The molecule has 0 aliphatic rings. The van der Waals surface area contributed by atoms with Crippen molar-refractivity contribution in [3.05, 3.63) is 0 Å². The number of carboxylic acid groups (broad SMARTS) is 4. The van der Waals surface area contributed by atoms with Crippen molar-refractivity contribution in [3.63, 3.8) is 0 Å².